The van der Waals surface area contributed by atoms with E-state index in [0.29, 0.717) is 0 Å². The van der Waals surface area contributed by atoms with Crippen LogP contribution in [-0.4, -0.2) is 6.54 Å². The quantitative estimate of drug-likeness (QED) is 0.850. The first-order valence-electron chi connectivity index (χ1n) is 7.30. The first-order valence-corrected chi connectivity index (χ1v) is 7.30. The molecule has 2 aromatic carbocycles. The molecular formula is C18H21N. The number of rotatable bonds is 3. The predicted molar refractivity (Wildman–Crippen MR) is 82.8 cm³/mol. The van der Waals surface area contributed by atoms with E-state index >= 15 is 0 Å². The van der Waals surface area contributed by atoms with E-state index in [4.69, 9.17) is 0 Å². The second kappa shape index (κ2) is 5.08. The van der Waals surface area contributed by atoms with Gasteiger partial charge in [0.05, 0.1) is 0 Å². The molecule has 0 saturated carbocycles. The van der Waals surface area contributed by atoms with Crippen LogP contribution in [-0.2, 0) is 19.3 Å². The van der Waals surface area contributed by atoms with Gasteiger partial charge in [0.2, 0.25) is 0 Å². The number of hydrogen-bond acceptors (Lipinski definition) is 1. The van der Waals surface area contributed by atoms with Crippen LogP contribution in [0, 0.1) is 0 Å². The van der Waals surface area contributed by atoms with Gasteiger partial charge in [0.15, 0.2) is 0 Å². The number of benzene rings is 2. The Hall–Kier alpha value is -1.76. The van der Waals surface area contributed by atoms with Crippen molar-refractivity contribution in [2.24, 2.45) is 0 Å². The molecule has 1 nitrogen and oxygen atoms in total. The van der Waals surface area contributed by atoms with Crippen molar-refractivity contribution in [1.29, 1.82) is 0 Å². The third-order valence-electron chi connectivity index (χ3n) is 4.09. The monoisotopic (exact) mass is 251 g/mol. The minimum Gasteiger partial charge on any atom is -0.384 e. The highest BCUT2D eigenvalue weighted by atomic mass is 14.9. The molecule has 1 aliphatic heterocycles. The minimum atomic E-state index is 1.08. The van der Waals surface area contributed by atoms with Gasteiger partial charge in [-0.05, 0) is 53.1 Å². The molecule has 0 aromatic heterocycles. The van der Waals surface area contributed by atoms with Crippen LogP contribution in [0.2, 0.25) is 0 Å². The van der Waals surface area contributed by atoms with Crippen LogP contribution in [0.3, 0.4) is 0 Å². The maximum atomic E-state index is 3.48. The Balaban J connectivity index is 2.10. The highest BCUT2D eigenvalue weighted by Crippen LogP contribution is 2.31. The zero-order valence-electron chi connectivity index (χ0n) is 11.8. The van der Waals surface area contributed by atoms with Crippen LogP contribution < -0.4 is 5.32 Å². The normalized spacial score (nSPS) is 13.2. The van der Waals surface area contributed by atoms with E-state index in [1.54, 1.807) is 0 Å². The first kappa shape index (κ1) is 12.3. The topological polar surface area (TPSA) is 12.0 Å². The zero-order valence-corrected chi connectivity index (χ0v) is 11.8. The molecule has 1 N–H and O–H groups in total. The fourth-order valence-corrected chi connectivity index (χ4v) is 2.88. The largest absolute Gasteiger partial charge is 0.384 e. The fraction of sp³-hybridized carbons (Fsp3) is 0.333. The molecular weight excluding hydrogens is 230 g/mol. The van der Waals surface area contributed by atoms with E-state index in [2.05, 4.69) is 55.6 Å². The highest BCUT2D eigenvalue weighted by Gasteiger charge is 2.12. The van der Waals surface area contributed by atoms with E-state index in [0.717, 1.165) is 25.8 Å². The summed E-state index contributed by atoms with van der Waals surface area (Å²) < 4.78 is 0. The molecule has 0 spiro atoms. The second-order valence-corrected chi connectivity index (χ2v) is 5.25. The molecule has 2 aromatic rings. The van der Waals surface area contributed by atoms with E-state index in [1.165, 1.54) is 33.5 Å². The average Bonchev–Trinajstić information content (AvgIpc) is 2.93. The summed E-state index contributed by atoms with van der Waals surface area (Å²) in [4.78, 5) is 0. The third kappa shape index (κ3) is 2.25. The van der Waals surface area contributed by atoms with Crippen molar-refractivity contribution in [2.45, 2.75) is 33.1 Å². The Bertz CT molecular complexity index is 599. The van der Waals surface area contributed by atoms with Crippen LogP contribution in [0.15, 0.2) is 36.4 Å². The molecule has 3 rings (SSSR count). The highest BCUT2D eigenvalue weighted by molar-refractivity contribution is 5.74. The summed E-state index contributed by atoms with van der Waals surface area (Å²) in [6.07, 6.45) is 3.34. The van der Waals surface area contributed by atoms with Gasteiger partial charge in [-0.25, -0.2) is 0 Å². The Labute approximate surface area is 115 Å². The summed E-state index contributed by atoms with van der Waals surface area (Å²) in [5.41, 5.74) is 8.38. The molecule has 1 heterocycles. The molecule has 0 fully saturated rings. The molecule has 1 aliphatic rings. The third-order valence-corrected chi connectivity index (χ3v) is 4.09. The van der Waals surface area contributed by atoms with Gasteiger partial charge in [-0.1, -0.05) is 44.2 Å². The van der Waals surface area contributed by atoms with Crippen molar-refractivity contribution in [2.75, 3.05) is 11.9 Å². The lowest BCUT2D eigenvalue weighted by molar-refractivity contribution is 1.10. The second-order valence-electron chi connectivity index (χ2n) is 5.25. The predicted octanol–water partition coefficient (Wildman–Crippen LogP) is 4.45. The van der Waals surface area contributed by atoms with Gasteiger partial charge >= 0.3 is 0 Å². The van der Waals surface area contributed by atoms with Crippen LogP contribution in [0.5, 0.6) is 0 Å². The lowest BCUT2D eigenvalue weighted by atomic mass is 9.94. The summed E-state index contributed by atoms with van der Waals surface area (Å²) in [6.45, 7) is 5.53. The van der Waals surface area contributed by atoms with Crippen molar-refractivity contribution in [3.8, 4) is 11.1 Å². The number of nitrogens with one attached hydrogen (secondary N) is 1. The maximum Gasteiger partial charge on any atom is 0.0379 e. The van der Waals surface area contributed by atoms with Crippen molar-refractivity contribution >= 4 is 5.69 Å². The molecule has 0 saturated heterocycles. The van der Waals surface area contributed by atoms with Crippen LogP contribution in [0.4, 0.5) is 5.69 Å². The molecule has 98 valence electrons. The van der Waals surface area contributed by atoms with Crippen LogP contribution >= 0.6 is 0 Å². The summed E-state index contributed by atoms with van der Waals surface area (Å²) >= 11 is 0. The molecule has 0 atom stereocenters. The Kier molecular flexibility index (Phi) is 3.29. The van der Waals surface area contributed by atoms with Crippen molar-refractivity contribution in [1.82, 2.24) is 0 Å². The smallest absolute Gasteiger partial charge is 0.0379 e. The van der Waals surface area contributed by atoms with Gasteiger partial charge in [0, 0.05) is 12.2 Å². The Morgan fingerprint density at radius 2 is 1.89 bits per heavy atom. The molecule has 0 bridgehead atoms. The summed E-state index contributed by atoms with van der Waals surface area (Å²) in [5.74, 6) is 0. The number of aryl methyl sites for hydroxylation is 2. The Morgan fingerprint density at radius 3 is 2.68 bits per heavy atom. The van der Waals surface area contributed by atoms with Gasteiger partial charge in [0.1, 0.15) is 0 Å². The average molecular weight is 251 g/mol. The van der Waals surface area contributed by atoms with Crippen LogP contribution in [0.1, 0.15) is 30.5 Å². The van der Waals surface area contributed by atoms with Gasteiger partial charge in [-0.15, -0.1) is 0 Å². The first-order chi connectivity index (χ1) is 9.31. The Morgan fingerprint density at radius 1 is 1.00 bits per heavy atom. The lowest BCUT2D eigenvalue weighted by Crippen LogP contribution is -1.93. The van der Waals surface area contributed by atoms with Crippen molar-refractivity contribution in [3.05, 3.63) is 53.1 Å². The number of fused-ring (bicyclic) bond motifs is 1. The number of hydrogen-bond donors (Lipinski definition) is 1. The molecule has 0 unspecified atom stereocenters. The molecule has 0 amide bonds. The van der Waals surface area contributed by atoms with E-state index in [1.807, 2.05) is 0 Å². The summed E-state index contributed by atoms with van der Waals surface area (Å²) in [6, 6.07) is 13.8. The zero-order chi connectivity index (χ0) is 13.2. The van der Waals surface area contributed by atoms with Gasteiger partial charge in [-0.3, -0.25) is 0 Å². The van der Waals surface area contributed by atoms with E-state index in [-0.39, 0.29) is 0 Å². The van der Waals surface area contributed by atoms with Crippen molar-refractivity contribution in [3.63, 3.8) is 0 Å². The van der Waals surface area contributed by atoms with Crippen molar-refractivity contribution < 1.29 is 0 Å². The fourth-order valence-electron chi connectivity index (χ4n) is 2.88. The van der Waals surface area contributed by atoms with Crippen LogP contribution in [0.25, 0.3) is 11.1 Å². The standard InChI is InChI=1S/C18H21N/c1-3-13-5-6-14(4-2)17(11-13)16-8-7-15-9-10-19-18(15)12-16/h5-8,11-12,19H,3-4,9-10H2,1-2H3. The van der Waals surface area contributed by atoms with E-state index in [9.17, 15) is 0 Å². The van der Waals surface area contributed by atoms with Gasteiger partial charge < -0.3 is 5.32 Å². The minimum absolute atomic E-state index is 1.08. The molecule has 0 radical (unpaired) electrons. The number of anilines is 1. The maximum absolute atomic E-state index is 3.48. The van der Waals surface area contributed by atoms with Gasteiger partial charge in [-0.2, -0.15) is 0 Å². The lowest BCUT2D eigenvalue weighted by Gasteiger charge is -2.12. The molecule has 19 heavy (non-hydrogen) atoms. The molecule has 1 heteroatoms. The molecule has 0 aliphatic carbocycles. The van der Waals surface area contributed by atoms with E-state index < -0.39 is 0 Å². The summed E-state index contributed by atoms with van der Waals surface area (Å²) in [5, 5.41) is 3.48. The SMILES string of the molecule is CCc1ccc(CC)c(-c2ccc3c(c2)NCC3)c1. The van der Waals surface area contributed by atoms with Gasteiger partial charge in [0.25, 0.3) is 0 Å². The summed E-state index contributed by atoms with van der Waals surface area (Å²) in [7, 11) is 0.